The van der Waals surface area contributed by atoms with Crippen LogP contribution in [-0.2, 0) is 6.61 Å². The highest BCUT2D eigenvalue weighted by molar-refractivity contribution is 5.87. The monoisotopic (exact) mass is 368 g/mol. The van der Waals surface area contributed by atoms with E-state index in [1.54, 1.807) is 6.20 Å². The van der Waals surface area contributed by atoms with Gasteiger partial charge in [-0.15, -0.1) is 0 Å². The maximum Gasteiger partial charge on any atom is 0.181 e. The summed E-state index contributed by atoms with van der Waals surface area (Å²) in [5.74, 6) is 1.53. The molecule has 0 aliphatic carbocycles. The number of hydrogen-bond donors (Lipinski definition) is 2. The molecular formula is C21H16N6O. The maximum atomic E-state index is 5.85. The van der Waals surface area contributed by atoms with Crippen molar-refractivity contribution in [2.75, 3.05) is 0 Å². The first-order valence-corrected chi connectivity index (χ1v) is 8.84. The third-order valence-corrected chi connectivity index (χ3v) is 4.42. The van der Waals surface area contributed by atoms with Gasteiger partial charge in [-0.05, 0) is 35.9 Å². The molecule has 0 bridgehead atoms. The van der Waals surface area contributed by atoms with Crippen LogP contribution >= 0.6 is 0 Å². The fourth-order valence-corrected chi connectivity index (χ4v) is 3.01. The highest BCUT2D eigenvalue weighted by Gasteiger charge is 2.13. The van der Waals surface area contributed by atoms with E-state index in [0.29, 0.717) is 12.3 Å². The minimum absolute atomic E-state index is 0.536. The molecule has 0 spiro atoms. The van der Waals surface area contributed by atoms with Crippen molar-refractivity contribution in [1.29, 1.82) is 0 Å². The fraction of sp³-hybridized carbons (Fsp3) is 0.0476. The zero-order valence-corrected chi connectivity index (χ0v) is 14.8. The molecule has 0 aliphatic heterocycles. The summed E-state index contributed by atoms with van der Waals surface area (Å²) in [5.41, 5.74) is 5.01. The molecule has 3 aromatic heterocycles. The standard InChI is InChI=1S/C21H16N6O/c1-2-4-14(5-3-1)12-28-16-8-6-15(7-9-16)20-25-19-18(17-10-11-24-27-17)22-13-23-21(19)26-20/h1-11,13H,12H2,(H,24,27)(H,22,23,25,26). The van der Waals surface area contributed by atoms with Gasteiger partial charge in [0, 0.05) is 11.8 Å². The Kier molecular flexibility index (Phi) is 4.02. The summed E-state index contributed by atoms with van der Waals surface area (Å²) in [4.78, 5) is 16.5. The lowest BCUT2D eigenvalue weighted by atomic mass is 10.2. The highest BCUT2D eigenvalue weighted by atomic mass is 16.5. The van der Waals surface area contributed by atoms with Gasteiger partial charge in [-0.25, -0.2) is 15.0 Å². The molecule has 0 saturated carbocycles. The summed E-state index contributed by atoms with van der Waals surface area (Å²) < 4.78 is 5.85. The Balaban J connectivity index is 1.40. The van der Waals surface area contributed by atoms with E-state index in [1.807, 2.05) is 60.7 Å². The van der Waals surface area contributed by atoms with Gasteiger partial charge in [0.25, 0.3) is 0 Å². The van der Waals surface area contributed by atoms with Crippen molar-refractivity contribution in [2.24, 2.45) is 0 Å². The molecular weight excluding hydrogens is 352 g/mol. The van der Waals surface area contributed by atoms with Crippen molar-refractivity contribution < 1.29 is 4.74 Å². The van der Waals surface area contributed by atoms with Gasteiger partial charge in [0.05, 0.1) is 5.69 Å². The fourth-order valence-electron chi connectivity index (χ4n) is 3.01. The van der Waals surface area contributed by atoms with Crippen LogP contribution in [0.15, 0.2) is 73.2 Å². The number of hydrogen-bond acceptors (Lipinski definition) is 5. The van der Waals surface area contributed by atoms with Crippen LogP contribution < -0.4 is 4.74 Å². The molecule has 3 heterocycles. The average Bonchev–Trinajstić information content (AvgIpc) is 3.43. The van der Waals surface area contributed by atoms with Gasteiger partial charge in [-0.1, -0.05) is 30.3 Å². The number of nitrogens with one attached hydrogen (secondary N) is 2. The number of ether oxygens (including phenoxy) is 1. The molecule has 136 valence electrons. The number of fused-ring (bicyclic) bond motifs is 1. The van der Waals surface area contributed by atoms with E-state index in [2.05, 4.69) is 30.1 Å². The first-order valence-electron chi connectivity index (χ1n) is 8.84. The predicted molar refractivity (Wildman–Crippen MR) is 105 cm³/mol. The second kappa shape index (κ2) is 6.96. The van der Waals surface area contributed by atoms with E-state index in [1.165, 1.54) is 6.33 Å². The van der Waals surface area contributed by atoms with E-state index in [9.17, 15) is 0 Å². The van der Waals surface area contributed by atoms with Crippen molar-refractivity contribution in [1.82, 2.24) is 30.1 Å². The minimum Gasteiger partial charge on any atom is -0.489 e. The van der Waals surface area contributed by atoms with Crippen LogP contribution in [0.2, 0.25) is 0 Å². The summed E-state index contributed by atoms with van der Waals surface area (Å²) in [6.45, 7) is 0.536. The summed E-state index contributed by atoms with van der Waals surface area (Å²) >= 11 is 0. The van der Waals surface area contributed by atoms with Crippen molar-refractivity contribution >= 4 is 11.2 Å². The summed E-state index contributed by atoms with van der Waals surface area (Å²) in [6.07, 6.45) is 3.19. The number of rotatable bonds is 5. The number of H-pyrrole nitrogens is 2. The van der Waals surface area contributed by atoms with E-state index in [4.69, 9.17) is 4.74 Å². The molecule has 7 nitrogen and oxygen atoms in total. The normalized spacial score (nSPS) is 11.0. The number of nitrogens with zero attached hydrogens (tertiary/aromatic N) is 4. The Morgan fingerprint density at radius 2 is 1.75 bits per heavy atom. The van der Waals surface area contributed by atoms with Crippen LogP contribution in [0.4, 0.5) is 0 Å². The van der Waals surface area contributed by atoms with E-state index in [0.717, 1.165) is 39.6 Å². The van der Waals surface area contributed by atoms with Gasteiger partial charge >= 0.3 is 0 Å². The lowest BCUT2D eigenvalue weighted by molar-refractivity contribution is 0.306. The largest absolute Gasteiger partial charge is 0.489 e. The lowest BCUT2D eigenvalue weighted by Gasteiger charge is -2.06. The Morgan fingerprint density at radius 3 is 2.54 bits per heavy atom. The van der Waals surface area contributed by atoms with Crippen LogP contribution in [0.25, 0.3) is 33.9 Å². The minimum atomic E-state index is 0.536. The zero-order valence-electron chi connectivity index (χ0n) is 14.8. The number of imidazole rings is 1. The van der Waals surface area contributed by atoms with Crippen molar-refractivity contribution in [3.63, 3.8) is 0 Å². The summed E-state index contributed by atoms with van der Waals surface area (Å²) in [7, 11) is 0. The third kappa shape index (κ3) is 3.09. The van der Waals surface area contributed by atoms with Crippen LogP contribution in [-0.4, -0.2) is 30.1 Å². The molecule has 0 amide bonds. The molecule has 0 saturated heterocycles. The van der Waals surface area contributed by atoms with Gasteiger partial charge in [0.2, 0.25) is 0 Å². The summed E-state index contributed by atoms with van der Waals surface area (Å²) in [5, 5.41) is 6.91. The van der Waals surface area contributed by atoms with Crippen molar-refractivity contribution in [2.45, 2.75) is 6.61 Å². The lowest BCUT2D eigenvalue weighted by Crippen LogP contribution is -1.94. The quantitative estimate of drug-likeness (QED) is 0.489. The second-order valence-corrected chi connectivity index (χ2v) is 6.28. The van der Waals surface area contributed by atoms with Crippen LogP contribution in [0.1, 0.15) is 5.56 Å². The first kappa shape index (κ1) is 16.2. The van der Waals surface area contributed by atoms with E-state index in [-0.39, 0.29) is 0 Å². The Morgan fingerprint density at radius 1 is 0.893 bits per heavy atom. The van der Waals surface area contributed by atoms with Gasteiger partial charge in [-0.3, -0.25) is 5.10 Å². The number of benzene rings is 2. The SMILES string of the molecule is c1ccc(COc2ccc(-c3nc4ncnc(-c5ccn[nH]5)c4[nH]3)cc2)cc1. The highest BCUT2D eigenvalue weighted by Crippen LogP contribution is 2.26. The molecule has 28 heavy (non-hydrogen) atoms. The van der Waals surface area contributed by atoms with Gasteiger partial charge in [0.1, 0.15) is 35.7 Å². The zero-order chi connectivity index (χ0) is 18.8. The Bertz CT molecular complexity index is 1200. The molecule has 5 aromatic rings. The summed E-state index contributed by atoms with van der Waals surface area (Å²) in [6, 6.07) is 19.8. The molecule has 0 atom stereocenters. The van der Waals surface area contributed by atoms with Crippen molar-refractivity contribution in [3.05, 3.63) is 78.8 Å². The Hall–Kier alpha value is -4.00. The molecule has 0 fully saturated rings. The topological polar surface area (TPSA) is 92.4 Å². The predicted octanol–water partition coefficient (Wildman–Crippen LogP) is 3.99. The molecule has 0 aliphatic rings. The van der Waals surface area contributed by atoms with Gasteiger partial charge in [-0.2, -0.15) is 5.10 Å². The molecule has 0 radical (unpaired) electrons. The number of aromatic amines is 2. The van der Waals surface area contributed by atoms with Gasteiger partial charge < -0.3 is 9.72 Å². The smallest absolute Gasteiger partial charge is 0.181 e. The van der Waals surface area contributed by atoms with E-state index < -0.39 is 0 Å². The van der Waals surface area contributed by atoms with Crippen LogP contribution in [0.3, 0.4) is 0 Å². The average molecular weight is 368 g/mol. The van der Waals surface area contributed by atoms with Gasteiger partial charge in [0.15, 0.2) is 5.65 Å². The van der Waals surface area contributed by atoms with Crippen LogP contribution in [0.5, 0.6) is 5.75 Å². The van der Waals surface area contributed by atoms with Crippen LogP contribution in [0, 0.1) is 0 Å². The van der Waals surface area contributed by atoms with Crippen molar-refractivity contribution in [3.8, 4) is 28.5 Å². The maximum absolute atomic E-state index is 5.85. The number of aromatic nitrogens is 6. The molecule has 7 heteroatoms. The molecule has 0 unspecified atom stereocenters. The molecule has 5 rings (SSSR count). The third-order valence-electron chi connectivity index (χ3n) is 4.42. The molecule has 2 aromatic carbocycles. The molecule has 2 N–H and O–H groups in total. The Labute approximate surface area is 160 Å². The second-order valence-electron chi connectivity index (χ2n) is 6.28. The first-order chi connectivity index (χ1) is 13.9. The van der Waals surface area contributed by atoms with E-state index >= 15 is 0 Å².